The number of nitrogens with zero attached hydrogens (tertiary/aromatic N) is 3. The van der Waals surface area contributed by atoms with Gasteiger partial charge in [0.1, 0.15) is 17.8 Å². The van der Waals surface area contributed by atoms with Gasteiger partial charge >= 0.3 is 0 Å². The summed E-state index contributed by atoms with van der Waals surface area (Å²) in [6.07, 6.45) is 1.91. The normalized spacial score (nSPS) is 10.9. The van der Waals surface area contributed by atoms with E-state index in [1.54, 1.807) is 19.1 Å². The predicted molar refractivity (Wildman–Crippen MR) is 87.4 cm³/mol. The number of rotatable bonds is 5. The van der Waals surface area contributed by atoms with Crippen molar-refractivity contribution < 1.29 is 9.31 Å². The summed E-state index contributed by atoms with van der Waals surface area (Å²) < 4.78 is 14.1. The van der Waals surface area contributed by atoms with Crippen molar-refractivity contribution in [2.75, 3.05) is 11.9 Å². The zero-order chi connectivity index (χ0) is 16.4. The summed E-state index contributed by atoms with van der Waals surface area (Å²) in [7, 11) is 0. The lowest BCUT2D eigenvalue weighted by molar-refractivity contribution is -0.385. The van der Waals surface area contributed by atoms with E-state index in [9.17, 15) is 14.5 Å². The summed E-state index contributed by atoms with van der Waals surface area (Å²) >= 11 is 1.52. The SMILES string of the molecule is Cc1cc(NCCc2nc3cc(F)ccc3s2)ncc1[N+](=O)[O-]. The average molecular weight is 332 g/mol. The summed E-state index contributed by atoms with van der Waals surface area (Å²) in [6, 6.07) is 6.21. The number of nitro groups is 1. The first-order valence-electron chi connectivity index (χ1n) is 6.93. The van der Waals surface area contributed by atoms with Gasteiger partial charge in [0.2, 0.25) is 0 Å². The molecule has 3 rings (SSSR count). The van der Waals surface area contributed by atoms with Gasteiger partial charge in [-0.05, 0) is 25.1 Å². The van der Waals surface area contributed by atoms with Gasteiger partial charge in [0.25, 0.3) is 5.69 Å². The molecule has 0 spiro atoms. The van der Waals surface area contributed by atoms with Gasteiger partial charge in [-0.15, -0.1) is 11.3 Å². The minimum atomic E-state index is -0.452. The Kier molecular flexibility index (Phi) is 4.16. The minimum Gasteiger partial charge on any atom is -0.370 e. The molecule has 0 aliphatic heterocycles. The molecule has 0 unspecified atom stereocenters. The number of hydrogen-bond donors (Lipinski definition) is 1. The average Bonchev–Trinajstić information content (AvgIpc) is 2.88. The molecule has 0 saturated carbocycles. The molecule has 1 N–H and O–H groups in total. The summed E-state index contributed by atoms with van der Waals surface area (Å²) in [4.78, 5) is 18.7. The Labute approximate surface area is 135 Å². The summed E-state index contributed by atoms with van der Waals surface area (Å²) in [5.41, 5.74) is 1.22. The Morgan fingerprint density at radius 2 is 2.22 bits per heavy atom. The van der Waals surface area contributed by atoms with E-state index in [4.69, 9.17) is 0 Å². The molecule has 0 atom stereocenters. The van der Waals surface area contributed by atoms with Crippen LogP contribution in [-0.2, 0) is 6.42 Å². The van der Waals surface area contributed by atoms with Crippen molar-refractivity contribution >= 4 is 33.1 Å². The number of anilines is 1. The lowest BCUT2D eigenvalue weighted by Gasteiger charge is -2.05. The Hall–Kier alpha value is -2.61. The largest absolute Gasteiger partial charge is 0.370 e. The van der Waals surface area contributed by atoms with Crippen LogP contribution < -0.4 is 5.32 Å². The van der Waals surface area contributed by atoms with Crippen molar-refractivity contribution in [2.45, 2.75) is 13.3 Å². The third-order valence-electron chi connectivity index (χ3n) is 3.32. The van der Waals surface area contributed by atoms with Gasteiger partial charge in [-0.3, -0.25) is 10.1 Å². The fourth-order valence-electron chi connectivity index (χ4n) is 2.19. The van der Waals surface area contributed by atoms with Crippen LogP contribution in [0.25, 0.3) is 10.2 Å². The van der Waals surface area contributed by atoms with Gasteiger partial charge in [-0.25, -0.2) is 14.4 Å². The Balaban J connectivity index is 1.64. The third-order valence-corrected chi connectivity index (χ3v) is 4.41. The molecule has 6 nitrogen and oxygen atoms in total. The van der Waals surface area contributed by atoms with Crippen molar-refractivity contribution in [3.63, 3.8) is 0 Å². The zero-order valence-corrected chi connectivity index (χ0v) is 13.1. The summed E-state index contributed by atoms with van der Waals surface area (Å²) in [6.45, 7) is 2.26. The molecule has 0 aliphatic carbocycles. The molecular weight excluding hydrogens is 319 g/mol. The third kappa shape index (κ3) is 3.42. The Morgan fingerprint density at radius 1 is 1.39 bits per heavy atom. The number of halogens is 1. The second kappa shape index (κ2) is 6.25. The van der Waals surface area contributed by atoms with E-state index in [0.717, 1.165) is 9.71 Å². The first-order chi connectivity index (χ1) is 11.0. The molecule has 1 aromatic carbocycles. The van der Waals surface area contributed by atoms with Crippen molar-refractivity contribution in [2.24, 2.45) is 0 Å². The molecule has 0 aliphatic rings. The lowest BCUT2D eigenvalue weighted by Crippen LogP contribution is -2.06. The maximum atomic E-state index is 13.1. The number of aryl methyl sites for hydroxylation is 1. The molecule has 0 fully saturated rings. The zero-order valence-electron chi connectivity index (χ0n) is 12.2. The van der Waals surface area contributed by atoms with E-state index in [0.29, 0.717) is 29.9 Å². The highest BCUT2D eigenvalue weighted by atomic mass is 32.1. The topological polar surface area (TPSA) is 81.0 Å². The summed E-state index contributed by atoms with van der Waals surface area (Å²) in [5, 5.41) is 14.8. The molecular formula is C15H13FN4O2S. The van der Waals surface area contributed by atoms with Crippen LogP contribution in [0.1, 0.15) is 10.6 Å². The van der Waals surface area contributed by atoms with Gasteiger partial charge in [-0.2, -0.15) is 0 Å². The van der Waals surface area contributed by atoms with Gasteiger partial charge in [0.15, 0.2) is 0 Å². The van der Waals surface area contributed by atoms with Crippen LogP contribution in [0.15, 0.2) is 30.5 Å². The van der Waals surface area contributed by atoms with Gasteiger partial charge in [0, 0.05) is 24.6 Å². The fourth-order valence-corrected chi connectivity index (χ4v) is 3.14. The highest BCUT2D eigenvalue weighted by molar-refractivity contribution is 7.18. The molecule has 0 amide bonds. The van der Waals surface area contributed by atoms with Crippen LogP contribution in [-0.4, -0.2) is 21.4 Å². The van der Waals surface area contributed by atoms with E-state index in [1.165, 1.54) is 29.7 Å². The fraction of sp³-hybridized carbons (Fsp3) is 0.200. The predicted octanol–water partition coefficient (Wildman–Crippen LogP) is 3.70. The standard InChI is InChI=1S/C15H13FN4O2S/c1-9-6-14(18-8-12(9)20(21)22)17-5-4-15-19-11-7-10(16)2-3-13(11)23-15/h2-3,6-8H,4-5H2,1H3,(H,17,18). The number of hydrogen-bond acceptors (Lipinski definition) is 6. The highest BCUT2D eigenvalue weighted by Crippen LogP contribution is 2.23. The molecule has 0 radical (unpaired) electrons. The maximum absolute atomic E-state index is 13.1. The van der Waals surface area contributed by atoms with Gasteiger partial charge in [-0.1, -0.05) is 0 Å². The van der Waals surface area contributed by atoms with E-state index in [1.807, 2.05) is 0 Å². The van der Waals surface area contributed by atoms with Crippen LogP contribution in [0.3, 0.4) is 0 Å². The number of pyridine rings is 1. The van der Waals surface area contributed by atoms with Crippen molar-refractivity contribution in [1.29, 1.82) is 0 Å². The molecule has 0 bridgehead atoms. The first kappa shape index (κ1) is 15.3. The van der Waals surface area contributed by atoms with Crippen LogP contribution in [0, 0.1) is 22.9 Å². The number of nitrogens with one attached hydrogen (secondary N) is 1. The van der Waals surface area contributed by atoms with Crippen LogP contribution in [0.2, 0.25) is 0 Å². The quantitative estimate of drug-likeness (QED) is 0.569. The van der Waals surface area contributed by atoms with Crippen molar-refractivity contribution in [3.8, 4) is 0 Å². The smallest absolute Gasteiger partial charge is 0.290 e. The monoisotopic (exact) mass is 332 g/mol. The lowest BCUT2D eigenvalue weighted by atomic mass is 10.2. The van der Waals surface area contributed by atoms with Crippen LogP contribution in [0.4, 0.5) is 15.9 Å². The van der Waals surface area contributed by atoms with Crippen LogP contribution >= 0.6 is 11.3 Å². The van der Waals surface area contributed by atoms with Crippen molar-refractivity contribution in [1.82, 2.24) is 9.97 Å². The van der Waals surface area contributed by atoms with Gasteiger partial charge < -0.3 is 5.32 Å². The molecule has 8 heteroatoms. The van der Waals surface area contributed by atoms with Gasteiger partial charge in [0.05, 0.1) is 20.1 Å². The minimum absolute atomic E-state index is 0.00347. The van der Waals surface area contributed by atoms with Crippen molar-refractivity contribution in [3.05, 3.63) is 57.0 Å². The van der Waals surface area contributed by atoms with E-state index in [-0.39, 0.29) is 11.5 Å². The van der Waals surface area contributed by atoms with E-state index >= 15 is 0 Å². The molecule has 3 aromatic rings. The highest BCUT2D eigenvalue weighted by Gasteiger charge is 2.11. The number of thiazole rings is 1. The maximum Gasteiger partial charge on any atom is 0.290 e. The van der Waals surface area contributed by atoms with E-state index < -0.39 is 4.92 Å². The molecule has 2 heterocycles. The Morgan fingerprint density at radius 3 is 2.96 bits per heavy atom. The molecule has 118 valence electrons. The number of fused-ring (bicyclic) bond motifs is 1. The number of aromatic nitrogens is 2. The second-order valence-electron chi connectivity index (χ2n) is 5.01. The molecule has 23 heavy (non-hydrogen) atoms. The first-order valence-corrected chi connectivity index (χ1v) is 7.74. The Bertz CT molecular complexity index is 881. The number of benzene rings is 1. The summed E-state index contributed by atoms with van der Waals surface area (Å²) in [5.74, 6) is 0.290. The van der Waals surface area contributed by atoms with E-state index in [2.05, 4.69) is 15.3 Å². The molecule has 2 aromatic heterocycles. The molecule has 0 saturated heterocycles. The second-order valence-corrected chi connectivity index (χ2v) is 6.12. The van der Waals surface area contributed by atoms with Crippen LogP contribution in [0.5, 0.6) is 0 Å².